The summed E-state index contributed by atoms with van der Waals surface area (Å²) >= 11 is 1.60. The van der Waals surface area contributed by atoms with Gasteiger partial charge in [-0.1, -0.05) is 37.7 Å². The summed E-state index contributed by atoms with van der Waals surface area (Å²) in [6.45, 7) is 4.04. The molecule has 0 bridgehead atoms. The van der Waals surface area contributed by atoms with Gasteiger partial charge in [0, 0.05) is 24.3 Å². The van der Waals surface area contributed by atoms with Gasteiger partial charge in [-0.25, -0.2) is 4.98 Å². The highest BCUT2D eigenvalue weighted by molar-refractivity contribution is 7.98. The molecule has 6 heteroatoms. The lowest BCUT2D eigenvalue weighted by atomic mass is 10.2. The molecule has 1 amide bonds. The van der Waals surface area contributed by atoms with Gasteiger partial charge in [-0.05, 0) is 24.1 Å². The SMILES string of the molecule is CCCC(=O)Nc1ccc(CSc2n[nH]c(CC)n2)cc1. The van der Waals surface area contributed by atoms with E-state index < -0.39 is 0 Å². The van der Waals surface area contributed by atoms with Gasteiger partial charge in [0.15, 0.2) is 0 Å². The van der Waals surface area contributed by atoms with Gasteiger partial charge in [-0.3, -0.25) is 9.89 Å². The lowest BCUT2D eigenvalue weighted by Gasteiger charge is -2.05. The van der Waals surface area contributed by atoms with Crippen molar-refractivity contribution in [2.45, 2.75) is 44.0 Å². The molecule has 0 spiro atoms. The molecule has 2 N–H and O–H groups in total. The number of nitrogens with zero attached hydrogens (tertiary/aromatic N) is 2. The average molecular weight is 304 g/mol. The number of nitrogens with one attached hydrogen (secondary N) is 2. The molecule has 2 aromatic rings. The fourth-order valence-corrected chi connectivity index (χ4v) is 2.56. The number of H-pyrrole nitrogens is 1. The lowest BCUT2D eigenvalue weighted by molar-refractivity contribution is -0.116. The van der Waals surface area contributed by atoms with E-state index in [4.69, 9.17) is 0 Å². The number of hydrogen-bond donors (Lipinski definition) is 2. The molecule has 0 aliphatic rings. The molecule has 0 aliphatic carbocycles. The second kappa shape index (κ2) is 7.83. The minimum absolute atomic E-state index is 0.0624. The van der Waals surface area contributed by atoms with Gasteiger partial charge in [0.25, 0.3) is 0 Å². The summed E-state index contributed by atoms with van der Waals surface area (Å²) < 4.78 is 0. The smallest absolute Gasteiger partial charge is 0.224 e. The van der Waals surface area contributed by atoms with E-state index in [1.165, 1.54) is 5.56 Å². The predicted molar refractivity (Wildman–Crippen MR) is 85.3 cm³/mol. The van der Waals surface area contributed by atoms with Crippen molar-refractivity contribution >= 4 is 23.4 Å². The number of benzene rings is 1. The van der Waals surface area contributed by atoms with E-state index in [-0.39, 0.29) is 5.91 Å². The number of thioether (sulfide) groups is 1. The van der Waals surface area contributed by atoms with E-state index in [0.717, 1.165) is 35.3 Å². The zero-order chi connectivity index (χ0) is 15.1. The van der Waals surface area contributed by atoms with Crippen LogP contribution in [0.4, 0.5) is 5.69 Å². The summed E-state index contributed by atoms with van der Waals surface area (Å²) in [5.41, 5.74) is 2.02. The van der Waals surface area contributed by atoms with Crippen LogP contribution in [0.3, 0.4) is 0 Å². The van der Waals surface area contributed by atoms with E-state index in [1.807, 2.05) is 38.1 Å². The topological polar surface area (TPSA) is 70.7 Å². The Morgan fingerprint density at radius 1 is 1.29 bits per heavy atom. The number of aryl methyl sites for hydroxylation is 1. The number of rotatable bonds is 7. The molecular formula is C15H20N4OS. The van der Waals surface area contributed by atoms with E-state index >= 15 is 0 Å². The molecule has 0 unspecified atom stereocenters. The zero-order valence-corrected chi connectivity index (χ0v) is 13.2. The first-order valence-electron chi connectivity index (χ1n) is 7.14. The summed E-state index contributed by atoms with van der Waals surface area (Å²) in [4.78, 5) is 15.9. The Morgan fingerprint density at radius 2 is 2.05 bits per heavy atom. The molecule has 112 valence electrons. The number of carbonyl (C=O) groups is 1. The maximum atomic E-state index is 11.5. The van der Waals surface area contributed by atoms with Crippen LogP contribution in [0.2, 0.25) is 0 Å². The Kier molecular flexibility index (Phi) is 5.80. The van der Waals surface area contributed by atoms with E-state index in [1.54, 1.807) is 11.8 Å². The van der Waals surface area contributed by atoms with Gasteiger partial charge in [0.2, 0.25) is 11.1 Å². The van der Waals surface area contributed by atoms with E-state index in [9.17, 15) is 4.79 Å². The van der Waals surface area contributed by atoms with Gasteiger partial charge in [-0.15, -0.1) is 5.10 Å². The third kappa shape index (κ3) is 4.90. The van der Waals surface area contributed by atoms with Gasteiger partial charge in [-0.2, -0.15) is 0 Å². The Morgan fingerprint density at radius 3 is 2.67 bits per heavy atom. The van der Waals surface area contributed by atoms with E-state index in [2.05, 4.69) is 20.5 Å². The second-order valence-electron chi connectivity index (χ2n) is 4.70. The molecule has 5 nitrogen and oxygen atoms in total. The van der Waals surface area contributed by atoms with Crippen LogP contribution < -0.4 is 5.32 Å². The van der Waals surface area contributed by atoms with E-state index in [0.29, 0.717) is 6.42 Å². The molecular weight excluding hydrogens is 284 g/mol. The Balaban J connectivity index is 1.85. The molecule has 0 saturated heterocycles. The summed E-state index contributed by atoms with van der Waals surface area (Å²) in [7, 11) is 0. The third-order valence-electron chi connectivity index (χ3n) is 2.93. The molecule has 1 aromatic heterocycles. The minimum atomic E-state index is 0.0624. The maximum absolute atomic E-state index is 11.5. The normalized spacial score (nSPS) is 10.6. The number of amides is 1. The molecule has 0 radical (unpaired) electrons. The van der Waals surface area contributed by atoms with Crippen molar-refractivity contribution < 1.29 is 4.79 Å². The number of carbonyl (C=O) groups excluding carboxylic acids is 1. The largest absolute Gasteiger partial charge is 0.326 e. The van der Waals surface area contributed by atoms with Crippen LogP contribution in [0.1, 0.15) is 38.1 Å². The fourth-order valence-electron chi connectivity index (χ4n) is 1.78. The van der Waals surface area contributed by atoms with Gasteiger partial charge in [0.05, 0.1) is 0 Å². The molecule has 0 fully saturated rings. The van der Waals surface area contributed by atoms with Crippen molar-refractivity contribution in [1.82, 2.24) is 15.2 Å². The van der Waals surface area contributed by atoms with Crippen molar-refractivity contribution in [3.63, 3.8) is 0 Å². The Labute approximate surface area is 128 Å². The average Bonchev–Trinajstić information content (AvgIpc) is 2.95. The quantitative estimate of drug-likeness (QED) is 0.769. The van der Waals surface area contributed by atoms with Crippen LogP contribution >= 0.6 is 11.8 Å². The summed E-state index contributed by atoms with van der Waals surface area (Å²) in [5, 5.41) is 10.7. The minimum Gasteiger partial charge on any atom is -0.326 e. The van der Waals surface area contributed by atoms with Crippen LogP contribution in [0.5, 0.6) is 0 Å². The van der Waals surface area contributed by atoms with Gasteiger partial charge < -0.3 is 5.32 Å². The number of anilines is 1. The summed E-state index contributed by atoms with van der Waals surface area (Å²) in [5.74, 6) is 1.78. The molecule has 0 atom stereocenters. The van der Waals surface area contributed by atoms with Crippen LogP contribution in [-0.2, 0) is 17.0 Å². The highest BCUT2D eigenvalue weighted by atomic mass is 32.2. The lowest BCUT2D eigenvalue weighted by Crippen LogP contribution is -2.10. The van der Waals surface area contributed by atoms with Gasteiger partial charge >= 0.3 is 0 Å². The Hall–Kier alpha value is -1.82. The standard InChI is InChI=1S/C15H20N4OS/c1-3-5-14(20)16-12-8-6-11(7-9-12)10-21-15-17-13(4-2)18-19-15/h6-9H,3-5,10H2,1-2H3,(H,16,20)(H,17,18,19). The molecule has 21 heavy (non-hydrogen) atoms. The van der Waals surface area contributed by atoms with Crippen molar-refractivity contribution in [2.75, 3.05) is 5.32 Å². The predicted octanol–water partition coefficient (Wildman–Crippen LogP) is 3.40. The highest BCUT2D eigenvalue weighted by Gasteiger charge is 2.04. The molecule has 1 heterocycles. The number of hydrogen-bond acceptors (Lipinski definition) is 4. The third-order valence-corrected chi connectivity index (χ3v) is 3.85. The Bertz CT molecular complexity index is 580. The first kappa shape index (κ1) is 15.6. The molecule has 0 aliphatic heterocycles. The summed E-state index contributed by atoms with van der Waals surface area (Å²) in [6, 6.07) is 7.89. The molecule has 1 aromatic carbocycles. The first-order valence-corrected chi connectivity index (χ1v) is 8.12. The number of aromatic amines is 1. The fraction of sp³-hybridized carbons (Fsp3) is 0.400. The van der Waals surface area contributed by atoms with Crippen LogP contribution in [0.25, 0.3) is 0 Å². The van der Waals surface area contributed by atoms with Crippen molar-refractivity contribution in [3.8, 4) is 0 Å². The first-order chi connectivity index (χ1) is 10.2. The monoisotopic (exact) mass is 304 g/mol. The van der Waals surface area contributed by atoms with Crippen molar-refractivity contribution in [2.24, 2.45) is 0 Å². The summed E-state index contributed by atoms with van der Waals surface area (Å²) in [6.07, 6.45) is 2.28. The highest BCUT2D eigenvalue weighted by Crippen LogP contribution is 2.20. The van der Waals surface area contributed by atoms with Gasteiger partial charge in [0.1, 0.15) is 5.82 Å². The van der Waals surface area contributed by atoms with Crippen molar-refractivity contribution in [1.29, 1.82) is 0 Å². The molecule has 2 rings (SSSR count). The van der Waals surface area contributed by atoms with Crippen LogP contribution in [0.15, 0.2) is 29.4 Å². The van der Waals surface area contributed by atoms with Crippen LogP contribution in [-0.4, -0.2) is 21.1 Å². The second-order valence-corrected chi connectivity index (χ2v) is 5.64. The zero-order valence-electron chi connectivity index (χ0n) is 12.3. The number of aromatic nitrogens is 3. The maximum Gasteiger partial charge on any atom is 0.224 e. The van der Waals surface area contributed by atoms with Crippen LogP contribution in [0, 0.1) is 0 Å². The molecule has 0 saturated carbocycles. The van der Waals surface area contributed by atoms with Crippen molar-refractivity contribution in [3.05, 3.63) is 35.7 Å².